The molecule has 0 spiro atoms. The van der Waals surface area contributed by atoms with Crippen LogP contribution in [0.5, 0.6) is 0 Å². The van der Waals surface area contributed by atoms with Crippen molar-refractivity contribution in [3.63, 3.8) is 0 Å². The molecule has 0 saturated carbocycles. The van der Waals surface area contributed by atoms with Crippen molar-refractivity contribution in [1.29, 1.82) is 0 Å². The van der Waals surface area contributed by atoms with Gasteiger partial charge in [-0.25, -0.2) is 16.8 Å². The van der Waals surface area contributed by atoms with Crippen LogP contribution in [0.15, 0.2) is 113 Å². The van der Waals surface area contributed by atoms with Crippen LogP contribution in [0, 0.1) is 13.8 Å². The lowest BCUT2D eigenvalue weighted by Gasteiger charge is -2.34. The lowest BCUT2D eigenvalue weighted by Crippen LogP contribution is -2.43. The summed E-state index contributed by atoms with van der Waals surface area (Å²) in [4.78, 5) is 2.71. The average molecular weight is 618 g/mol. The Morgan fingerprint density at radius 2 is 1.00 bits per heavy atom. The number of aryl methyl sites for hydroxylation is 2. The second kappa shape index (κ2) is 13.1. The Morgan fingerprint density at radius 3 is 1.44 bits per heavy atom. The Kier molecular flexibility index (Phi) is 9.48. The maximum absolute atomic E-state index is 13.9. The Hall–Kier alpha value is -3.34. The molecule has 1 aliphatic rings. The van der Waals surface area contributed by atoms with Gasteiger partial charge >= 0.3 is 0 Å². The minimum Gasteiger partial charge on any atom is -0.294 e. The first-order valence-electron chi connectivity index (χ1n) is 14.5. The summed E-state index contributed by atoms with van der Waals surface area (Å²) in [7, 11) is -7.57. The molecule has 1 heterocycles. The van der Waals surface area contributed by atoms with Gasteiger partial charge in [0.2, 0.25) is 20.0 Å². The Balaban J connectivity index is 1.55. The number of hydrogen-bond acceptors (Lipinski definition) is 5. The summed E-state index contributed by atoms with van der Waals surface area (Å²) in [6.07, 6.45) is 0. The van der Waals surface area contributed by atoms with E-state index in [0.29, 0.717) is 13.1 Å². The molecule has 0 fully saturated rings. The standard InChI is InChI=1S/C34H39N3O4S2/c1-27-12-16-33(17-13-27)42(38,39)36-22-20-35(29(3)32-10-5-4-6-11-32)21-23-37(26-31-9-7-8-30(24-31)25-36)43(40,41)34-18-14-28(2)15-19-34/h4-19,24,29H,20-23,25-26H2,1-3H3/t29-/m1/s1. The van der Waals surface area contributed by atoms with E-state index in [1.54, 1.807) is 32.9 Å². The molecular weight excluding hydrogens is 579 g/mol. The van der Waals surface area contributed by atoms with Crippen LogP contribution in [-0.2, 0) is 33.1 Å². The Labute approximate surface area is 256 Å². The highest BCUT2D eigenvalue weighted by Crippen LogP contribution is 2.26. The van der Waals surface area contributed by atoms with Crippen molar-refractivity contribution < 1.29 is 16.8 Å². The van der Waals surface area contributed by atoms with E-state index in [4.69, 9.17) is 0 Å². The fourth-order valence-electron chi connectivity index (χ4n) is 5.44. The predicted molar refractivity (Wildman–Crippen MR) is 170 cm³/mol. The third-order valence-electron chi connectivity index (χ3n) is 8.13. The summed E-state index contributed by atoms with van der Waals surface area (Å²) in [5.41, 5.74) is 4.69. The minimum absolute atomic E-state index is 0.0603. The second-order valence-electron chi connectivity index (χ2n) is 11.2. The van der Waals surface area contributed by atoms with Gasteiger partial charge in [0.15, 0.2) is 0 Å². The van der Waals surface area contributed by atoms with Crippen LogP contribution in [0.2, 0.25) is 0 Å². The first kappa shape index (κ1) is 31.1. The first-order chi connectivity index (χ1) is 20.5. The number of nitrogens with zero attached hydrogens (tertiary/aromatic N) is 3. The highest BCUT2D eigenvalue weighted by Gasteiger charge is 2.30. The van der Waals surface area contributed by atoms with Gasteiger partial charge in [0, 0.05) is 45.3 Å². The van der Waals surface area contributed by atoms with Crippen molar-refractivity contribution in [3.05, 3.63) is 131 Å². The van der Waals surface area contributed by atoms with Crippen LogP contribution in [-0.4, -0.2) is 56.5 Å². The van der Waals surface area contributed by atoms with Gasteiger partial charge in [0.05, 0.1) is 9.79 Å². The lowest BCUT2D eigenvalue weighted by atomic mass is 10.1. The quantitative estimate of drug-likeness (QED) is 0.275. The third-order valence-corrected chi connectivity index (χ3v) is 11.8. The van der Waals surface area contributed by atoms with Gasteiger partial charge in [-0.05, 0) is 61.7 Å². The normalized spacial score (nSPS) is 17.1. The molecule has 5 rings (SSSR count). The van der Waals surface area contributed by atoms with E-state index >= 15 is 0 Å². The van der Waals surface area contributed by atoms with Gasteiger partial charge < -0.3 is 0 Å². The smallest absolute Gasteiger partial charge is 0.243 e. The number of sulfonamides is 2. The fourth-order valence-corrected chi connectivity index (χ4v) is 8.28. The topological polar surface area (TPSA) is 78.0 Å². The summed E-state index contributed by atoms with van der Waals surface area (Å²) in [5.74, 6) is 0. The molecule has 0 aliphatic carbocycles. The van der Waals surface area contributed by atoms with Gasteiger partial charge in [0.25, 0.3) is 0 Å². The summed E-state index contributed by atoms with van der Waals surface area (Å²) in [5, 5.41) is 0. The van der Waals surface area contributed by atoms with E-state index in [0.717, 1.165) is 27.8 Å². The molecule has 0 N–H and O–H groups in total. The molecule has 0 aromatic heterocycles. The zero-order valence-electron chi connectivity index (χ0n) is 24.9. The van der Waals surface area contributed by atoms with Crippen LogP contribution < -0.4 is 0 Å². The van der Waals surface area contributed by atoms with Gasteiger partial charge in [-0.15, -0.1) is 0 Å². The van der Waals surface area contributed by atoms with Crippen LogP contribution in [0.25, 0.3) is 0 Å². The molecule has 9 heteroatoms. The van der Waals surface area contributed by atoms with Crippen LogP contribution >= 0.6 is 0 Å². The van der Waals surface area contributed by atoms with Crippen molar-refractivity contribution in [1.82, 2.24) is 13.5 Å². The molecule has 4 aromatic rings. The number of benzene rings is 4. The SMILES string of the molecule is Cc1ccc(S(=O)(=O)N2CCN([C@H](C)c3ccccc3)CCN(S(=O)(=O)c3ccc(C)cc3)Cc3cccc(c3)C2)cc1. The van der Waals surface area contributed by atoms with Crippen molar-refractivity contribution in [2.75, 3.05) is 26.2 Å². The molecule has 226 valence electrons. The molecule has 43 heavy (non-hydrogen) atoms. The first-order valence-corrected chi connectivity index (χ1v) is 17.4. The fraction of sp³-hybridized carbons (Fsp3) is 0.294. The van der Waals surface area contributed by atoms with Crippen molar-refractivity contribution in [3.8, 4) is 0 Å². The zero-order chi connectivity index (χ0) is 30.6. The largest absolute Gasteiger partial charge is 0.294 e. The zero-order valence-corrected chi connectivity index (χ0v) is 26.6. The molecule has 1 atom stereocenters. The van der Waals surface area contributed by atoms with Crippen molar-refractivity contribution in [2.45, 2.75) is 49.7 Å². The Bertz CT molecular complexity index is 1640. The van der Waals surface area contributed by atoms with E-state index in [-0.39, 0.29) is 42.0 Å². The summed E-state index contributed by atoms with van der Waals surface area (Å²) in [6, 6.07) is 31.5. The van der Waals surface area contributed by atoms with E-state index in [9.17, 15) is 16.8 Å². The van der Waals surface area contributed by atoms with Crippen molar-refractivity contribution >= 4 is 20.0 Å². The van der Waals surface area contributed by atoms with Crippen LogP contribution in [0.1, 0.15) is 40.8 Å². The van der Waals surface area contributed by atoms with Gasteiger partial charge in [-0.2, -0.15) is 8.61 Å². The number of fused-ring (bicyclic) bond motifs is 2. The van der Waals surface area contributed by atoms with Crippen LogP contribution in [0.3, 0.4) is 0 Å². The molecule has 4 aromatic carbocycles. The van der Waals surface area contributed by atoms with Crippen molar-refractivity contribution in [2.24, 2.45) is 0 Å². The number of hydrogen-bond donors (Lipinski definition) is 0. The molecule has 7 nitrogen and oxygen atoms in total. The van der Waals surface area contributed by atoms with Gasteiger partial charge in [0.1, 0.15) is 0 Å². The molecule has 0 saturated heterocycles. The highest BCUT2D eigenvalue weighted by molar-refractivity contribution is 7.89. The minimum atomic E-state index is -3.79. The molecule has 2 bridgehead atoms. The summed E-state index contributed by atoms with van der Waals surface area (Å²) in [6.45, 7) is 7.68. The van der Waals surface area contributed by atoms with Gasteiger partial charge in [-0.3, -0.25) is 4.90 Å². The van der Waals surface area contributed by atoms with E-state index in [2.05, 4.69) is 11.8 Å². The predicted octanol–water partition coefficient (Wildman–Crippen LogP) is 5.76. The summed E-state index contributed by atoms with van der Waals surface area (Å²) < 4.78 is 58.9. The average Bonchev–Trinajstić information content (AvgIpc) is 3.00. The second-order valence-corrected chi connectivity index (χ2v) is 15.1. The van der Waals surface area contributed by atoms with E-state index < -0.39 is 20.0 Å². The monoisotopic (exact) mass is 617 g/mol. The Morgan fingerprint density at radius 1 is 0.558 bits per heavy atom. The summed E-state index contributed by atoms with van der Waals surface area (Å²) >= 11 is 0. The molecule has 0 unspecified atom stereocenters. The third kappa shape index (κ3) is 7.25. The van der Waals surface area contributed by atoms with E-state index in [1.807, 2.05) is 92.7 Å². The maximum Gasteiger partial charge on any atom is 0.243 e. The highest BCUT2D eigenvalue weighted by atomic mass is 32.2. The molecule has 1 aliphatic heterocycles. The lowest BCUT2D eigenvalue weighted by molar-refractivity contribution is 0.180. The number of rotatable bonds is 6. The van der Waals surface area contributed by atoms with Crippen LogP contribution in [0.4, 0.5) is 0 Å². The molecule has 0 amide bonds. The van der Waals surface area contributed by atoms with Gasteiger partial charge in [-0.1, -0.05) is 90.0 Å². The molecule has 0 radical (unpaired) electrons. The van der Waals surface area contributed by atoms with E-state index in [1.165, 1.54) is 0 Å². The molecular formula is C34H39N3O4S2. The maximum atomic E-state index is 13.9.